The number of carbonyl (C=O) groups is 1. The van der Waals surface area contributed by atoms with Gasteiger partial charge >= 0.3 is 0 Å². The van der Waals surface area contributed by atoms with Crippen LogP contribution in [0.4, 0.5) is 0 Å². The number of carbonyl (C=O) groups excluding carboxylic acids is 1. The van der Waals surface area contributed by atoms with Gasteiger partial charge in [0.25, 0.3) is 16.0 Å². The topological polar surface area (TPSA) is 124 Å². The largest absolute Gasteiger partial charge is 0.390 e. The summed E-state index contributed by atoms with van der Waals surface area (Å²) < 4.78 is 31.0. The number of amidine groups is 1. The summed E-state index contributed by atoms with van der Waals surface area (Å²) in [5.74, 6) is -0.610. The molecule has 0 amide bonds. The average molecular weight is 434 g/mol. The highest BCUT2D eigenvalue weighted by Gasteiger charge is 2.43. The van der Waals surface area contributed by atoms with Gasteiger partial charge in [0.1, 0.15) is 31.5 Å². The van der Waals surface area contributed by atoms with E-state index in [-0.39, 0.29) is 30.0 Å². The van der Waals surface area contributed by atoms with Gasteiger partial charge in [-0.15, -0.1) is 0 Å². The molecule has 0 radical (unpaired) electrons. The Morgan fingerprint density at radius 2 is 1.90 bits per heavy atom. The lowest BCUT2D eigenvalue weighted by atomic mass is 10.1. The van der Waals surface area contributed by atoms with Crippen molar-refractivity contribution < 1.29 is 32.5 Å². The predicted molar refractivity (Wildman–Crippen MR) is 113 cm³/mol. The molecule has 2 atom stereocenters. The van der Waals surface area contributed by atoms with Crippen LogP contribution in [-0.4, -0.2) is 83.9 Å². The molecule has 29 heavy (non-hydrogen) atoms. The van der Waals surface area contributed by atoms with Crippen LogP contribution in [0.3, 0.4) is 0 Å². The quantitative estimate of drug-likeness (QED) is 0.147. The van der Waals surface area contributed by atoms with Crippen molar-refractivity contribution in [1.29, 1.82) is 0 Å². The summed E-state index contributed by atoms with van der Waals surface area (Å²) in [5.41, 5.74) is 0. The second-order valence-corrected chi connectivity index (χ2v) is 9.24. The molecule has 0 aromatic heterocycles. The minimum absolute atomic E-state index is 0.0335. The monoisotopic (exact) mass is 433 g/mol. The molecule has 0 aromatic rings. The Labute approximate surface area is 174 Å². The van der Waals surface area contributed by atoms with E-state index in [0.29, 0.717) is 25.3 Å². The maximum atomic E-state index is 12.7. The normalized spacial score (nSPS) is 20.9. The van der Waals surface area contributed by atoms with E-state index < -0.39 is 22.0 Å². The summed E-state index contributed by atoms with van der Waals surface area (Å²) in [5, 5.41) is 19.5. The molecule has 0 aromatic carbocycles. The first-order valence-electron chi connectivity index (χ1n) is 10.6. The number of unbranched alkanes of at least 4 members (excludes halogenated alkanes) is 5. The van der Waals surface area contributed by atoms with Gasteiger partial charge in [0.05, 0.1) is 13.2 Å². The van der Waals surface area contributed by atoms with Crippen LogP contribution in [0.2, 0.25) is 0 Å². The van der Waals surface area contributed by atoms with Crippen molar-refractivity contribution in [2.24, 2.45) is 4.99 Å². The van der Waals surface area contributed by atoms with E-state index >= 15 is 0 Å². The van der Waals surface area contributed by atoms with E-state index in [1.54, 1.807) is 0 Å². The van der Waals surface area contributed by atoms with E-state index in [1.165, 1.54) is 0 Å². The molecule has 168 valence electrons. The van der Waals surface area contributed by atoms with Crippen molar-refractivity contribution in [3.63, 3.8) is 0 Å². The predicted octanol–water partition coefficient (Wildman–Crippen LogP) is 1.72. The first kappa shape index (κ1) is 25.9. The fourth-order valence-electron chi connectivity index (χ4n) is 3.75. The standard InChI is InChI=1S/C20H36N2O6S/c1-2-3-4-5-6-7-8-9-10-11-19(25)20-21-12-13-22(20,14-15-23)16-18(24)17-29(26,27)28/h4-5,18,23-24H,2-3,6-17H2,1H3/p+1/b5-4+. The number of quaternary nitrogens is 1. The van der Waals surface area contributed by atoms with E-state index in [9.17, 15) is 23.4 Å². The number of hydrogen-bond acceptors (Lipinski definition) is 6. The number of Topliss-reactive ketones (excluding diaryl/α,β-unsaturated/α-hetero) is 1. The van der Waals surface area contributed by atoms with Crippen molar-refractivity contribution in [2.75, 3.05) is 38.5 Å². The molecule has 1 aliphatic rings. The van der Waals surface area contributed by atoms with Gasteiger partial charge in [0.2, 0.25) is 5.78 Å². The highest BCUT2D eigenvalue weighted by atomic mass is 32.2. The summed E-state index contributed by atoms with van der Waals surface area (Å²) in [6, 6.07) is 0. The summed E-state index contributed by atoms with van der Waals surface area (Å²) in [4.78, 5) is 17.0. The van der Waals surface area contributed by atoms with Gasteiger partial charge in [-0.25, -0.2) is 4.99 Å². The van der Waals surface area contributed by atoms with Crippen molar-refractivity contribution >= 4 is 21.7 Å². The molecule has 1 aliphatic heterocycles. The van der Waals surface area contributed by atoms with Crippen molar-refractivity contribution in [1.82, 2.24) is 0 Å². The second kappa shape index (κ2) is 13.2. The molecular formula is C20H37N2O6S+. The zero-order chi connectivity index (χ0) is 21.8. The maximum Gasteiger partial charge on any atom is 0.267 e. The van der Waals surface area contributed by atoms with Crippen LogP contribution >= 0.6 is 0 Å². The van der Waals surface area contributed by atoms with Crippen molar-refractivity contribution in [3.05, 3.63) is 12.2 Å². The molecule has 0 saturated heterocycles. The van der Waals surface area contributed by atoms with Gasteiger partial charge in [0, 0.05) is 6.42 Å². The Kier molecular flexibility index (Phi) is 11.8. The fourth-order valence-corrected chi connectivity index (χ4v) is 4.34. The number of aliphatic hydroxyl groups excluding tert-OH is 2. The molecule has 0 spiro atoms. The Morgan fingerprint density at radius 1 is 1.21 bits per heavy atom. The number of nitrogens with zero attached hydrogens (tertiary/aromatic N) is 2. The van der Waals surface area contributed by atoms with Gasteiger partial charge < -0.3 is 10.2 Å². The lowest BCUT2D eigenvalue weighted by molar-refractivity contribution is -0.837. The highest BCUT2D eigenvalue weighted by molar-refractivity contribution is 7.85. The molecule has 3 N–H and O–H groups in total. The first-order chi connectivity index (χ1) is 13.7. The molecule has 1 rings (SSSR count). The third-order valence-electron chi connectivity index (χ3n) is 5.13. The van der Waals surface area contributed by atoms with Crippen LogP contribution in [0.15, 0.2) is 17.1 Å². The van der Waals surface area contributed by atoms with E-state index in [0.717, 1.165) is 44.9 Å². The van der Waals surface area contributed by atoms with Crippen LogP contribution in [-0.2, 0) is 14.9 Å². The Hall–Kier alpha value is -1.13. The fraction of sp³-hybridized carbons (Fsp3) is 0.800. The third-order valence-corrected chi connectivity index (χ3v) is 5.93. The lowest BCUT2D eigenvalue weighted by Gasteiger charge is -2.34. The van der Waals surface area contributed by atoms with Crippen LogP contribution in [0.5, 0.6) is 0 Å². The Bertz CT molecular complexity index is 662. The van der Waals surface area contributed by atoms with Crippen LogP contribution < -0.4 is 0 Å². The number of allylic oxidation sites excluding steroid dienone is 2. The molecule has 0 saturated carbocycles. The number of rotatable bonds is 16. The van der Waals surface area contributed by atoms with Crippen molar-refractivity contribution in [2.45, 2.75) is 64.4 Å². The molecule has 1 heterocycles. The minimum Gasteiger partial charge on any atom is -0.390 e. The molecular weight excluding hydrogens is 396 g/mol. The Balaban J connectivity index is 2.52. The molecule has 0 aliphatic carbocycles. The lowest BCUT2D eigenvalue weighted by Crippen LogP contribution is -2.59. The van der Waals surface area contributed by atoms with Crippen LogP contribution in [0, 0.1) is 0 Å². The minimum atomic E-state index is -4.33. The molecule has 2 unspecified atom stereocenters. The molecule has 0 bridgehead atoms. The number of aliphatic hydroxyl groups is 2. The smallest absolute Gasteiger partial charge is 0.267 e. The van der Waals surface area contributed by atoms with E-state index in [4.69, 9.17) is 4.55 Å². The van der Waals surface area contributed by atoms with Gasteiger partial charge in [-0.1, -0.05) is 38.3 Å². The SMILES string of the molecule is CCC/C=C/CCCCCCC(=O)C1=NCC[N+]1(CCO)CC(O)CS(=O)(=O)O. The second-order valence-electron chi connectivity index (χ2n) is 7.74. The molecule has 8 nitrogen and oxygen atoms in total. The summed E-state index contributed by atoms with van der Waals surface area (Å²) in [6.45, 7) is 2.86. The Morgan fingerprint density at radius 3 is 2.55 bits per heavy atom. The van der Waals surface area contributed by atoms with Gasteiger partial charge in [-0.05, 0) is 25.7 Å². The summed E-state index contributed by atoms with van der Waals surface area (Å²) in [6.07, 6.45) is 10.6. The molecule has 9 heteroatoms. The zero-order valence-electron chi connectivity index (χ0n) is 17.5. The van der Waals surface area contributed by atoms with Gasteiger partial charge in [-0.2, -0.15) is 8.42 Å². The first-order valence-corrected chi connectivity index (χ1v) is 12.2. The van der Waals surface area contributed by atoms with E-state index in [1.807, 2.05) is 0 Å². The average Bonchev–Trinajstić information content (AvgIpc) is 3.01. The number of aliphatic imine (C=N–C) groups is 1. The maximum absolute atomic E-state index is 12.7. The van der Waals surface area contributed by atoms with E-state index in [2.05, 4.69) is 24.1 Å². The van der Waals surface area contributed by atoms with Crippen LogP contribution in [0.25, 0.3) is 0 Å². The van der Waals surface area contributed by atoms with Crippen molar-refractivity contribution in [3.8, 4) is 0 Å². The third kappa shape index (κ3) is 9.95. The number of hydrogen-bond donors (Lipinski definition) is 3. The summed E-state index contributed by atoms with van der Waals surface area (Å²) >= 11 is 0. The number of ketones is 1. The zero-order valence-corrected chi connectivity index (χ0v) is 18.3. The van der Waals surface area contributed by atoms with Gasteiger partial charge in [-0.3, -0.25) is 13.8 Å². The summed E-state index contributed by atoms with van der Waals surface area (Å²) in [7, 11) is -4.33. The highest BCUT2D eigenvalue weighted by Crippen LogP contribution is 2.20. The van der Waals surface area contributed by atoms with Gasteiger partial charge in [0.15, 0.2) is 0 Å². The van der Waals surface area contributed by atoms with Crippen LogP contribution in [0.1, 0.15) is 58.3 Å². The molecule has 0 fully saturated rings.